The Morgan fingerprint density at radius 1 is 0.923 bits per heavy atom. The summed E-state index contributed by atoms with van der Waals surface area (Å²) in [5, 5.41) is 1.13. The number of hydrogen-bond acceptors (Lipinski definition) is 4. The van der Waals surface area contributed by atoms with Gasteiger partial charge in [0.2, 0.25) is 0 Å². The first kappa shape index (κ1) is 18.5. The van der Waals surface area contributed by atoms with Crippen LogP contribution >= 0.6 is 0 Å². The highest BCUT2D eigenvalue weighted by Crippen LogP contribution is 2.15. The molecule has 0 unspecified atom stereocenters. The fraction of sp³-hybridized carbons (Fsp3) is 0.364. The van der Waals surface area contributed by atoms with Crippen LogP contribution in [-0.4, -0.2) is 41.7 Å². The van der Waals surface area contributed by atoms with Crippen LogP contribution in [0.2, 0.25) is 0 Å². The summed E-state index contributed by atoms with van der Waals surface area (Å²) in [7, 11) is 1.75. The van der Waals surface area contributed by atoms with Gasteiger partial charge in [0.05, 0.1) is 18.7 Å². The quantitative estimate of drug-likeness (QED) is 0.585. The van der Waals surface area contributed by atoms with E-state index >= 15 is 0 Å². The second-order valence-corrected chi connectivity index (χ2v) is 6.60. The molecule has 0 aliphatic carbocycles. The van der Waals surface area contributed by atoms with Gasteiger partial charge in [0.15, 0.2) is 0 Å². The average Bonchev–Trinajstić information content (AvgIpc) is 2.67. The number of methoxy groups -OCH3 is 1. The van der Waals surface area contributed by atoms with Crippen molar-refractivity contribution in [2.45, 2.75) is 26.3 Å². The molecule has 136 valence electrons. The summed E-state index contributed by atoms with van der Waals surface area (Å²) in [5.74, 6) is 0.886. The van der Waals surface area contributed by atoms with E-state index in [9.17, 15) is 0 Å². The largest absolute Gasteiger partial charge is 0.383 e. The minimum Gasteiger partial charge on any atom is -0.383 e. The van der Waals surface area contributed by atoms with E-state index in [1.165, 1.54) is 5.56 Å². The summed E-state index contributed by atoms with van der Waals surface area (Å²) in [4.78, 5) is 11.9. The molecule has 1 aromatic heterocycles. The van der Waals surface area contributed by atoms with Gasteiger partial charge in [0.25, 0.3) is 0 Å². The van der Waals surface area contributed by atoms with Crippen molar-refractivity contribution in [1.29, 1.82) is 0 Å². The van der Waals surface area contributed by atoms with Gasteiger partial charge in [-0.1, -0.05) is 48.5 Å². The highest BCUT2D eigenvalue weighted by Gasteiger charge is 2.10. The second-order valence-electron chi connectivity index (χ2n) is 6.60. The summed E-state index contributed by atoms with van der Waals surface area (Å²) < 4.78 is 5.29. The van der Waals surface area contributed by atoms with Crippen LogP contribution < -0.4 is 0 Å². The van der Waals surface area contributed by atoms with E-state index < -0.39 is 0 Å². The number of nitrogens with zero attached hydrogens (tertiary/aromatic N) is 3. The minimum absolute atomic E-state index is 0.720. The molecule has 4 heteroatoms. The molecule has 4 nitrogen and oxygen atoms in total. The Bertz CT molecular complexity index is 820. The first-order valence-corrected chi connectivity index (χ1v) is 9.24. The van der Waals surface area contributed by atoms with Crippen LogP contribution in [0.5, 0.6) is 0 Å². The molecule has 0 saturated carbocycles. The number of aromatic nitrogens is 2. The molecule has 3 rings (SSSR count). The lowest BCUT2D eigenvalue weighted by molar-refractivity contribution is 0.141. The highest BCUT2D eigenvalue weighted by atomic mass is 16.5. The molecule has 0 atom stereocenters. The molecule has 0 bridgehead atoms. The maximum Gasteiger partial charge on any atom is 0.143 e. The van der Waals surface area contributed by atoms with Crippen LogP contribution in [0.15, 0.2) is 54.6 Å². The first-order chi connectivity index (χ1) is 12.8. The monoisotopic (exact) mass is 349 g/mol. The normalized spacial score (nSPS) is 11.3. The zero-order chi connectivity index (χ0) is 18.2. The van der Waals surface area contributed by atoms with E-state index in [0.29, 0.717) is 0 Å². The van der Waals surface area contributed by atoms with E-state index in [1.54, 1.807) is 7.11 Å². The molecule has 0 spiro atoms. The molecule has 3 aromatic rings. The predicted molar refractivity (Wildman–Crippen MR) is 106 cm³/mol. The molecule has 0 amide bonds. The van der Waals surface area contributed by atoms with E-state index in [0.717, 1.165) is 61.5 Å². The van der Waals surface area contributed by atoms with Gasteiger partial charge < -0.3 is 4.74 Å². The van der Waals surface area contributed by atoms with Gasteiger partial charge >= 0.3 is 0 Å². The number of ether oxygens (including phenoxy) is 1. The van der Waals surface area contributed by atoms with Crippen LogP contribution in [0.3, 0.4) is 0 Å². The number of hydrogen-bond donors (Lipinski definition) is 0. The van der Waals surface area contributed by atoms with Gasteiger partial charge in [-0.2, -0.15) is 0 Å². The van der Waals surface area contributed by atoms with Crippen LogP contribution in [0.1, 0.15) is 23.5 Å². The fourth-order valence-electron chi connectivity index (χ4n) is 3.21. The van der Waals surface area contributed by atoms with Crippen molar-refractivity contribution < 1.29 is 4.74 Å². The van der Waals surface area contributed by atoms with E-state index in [-0.39, 0.29) is 0 Å². The third-order valence-corrected chi connectivity index (χ3v) is 4.60. The van der Waals surface area contributed by atoms with Crippen molar-refractivity contribution in [2.75, 3.05) is 26.8 Å². The van der Waals surface area contributed by atoms with Crippen LogP contribution in [-0.2, 0) is 17.7 Å². The van der Waals surface area contributed by atoms with Gasteiger partial charge in [-0.25, -0.2) is 9.97 Å². The highest BCUT2D eigenvalue weighted by molar-refractivity contribution is 5.80. The molecular weight excluding hydrogens is 322 g/mol. The Hall–Kier alpha value is -2.30. The molecule has 0 N–H and O–H groups in total. The van der Waals surface area contributed by atoms with Gasteiger partial charge in [0.1, 0.15) is 5.82 Å². The first-order valence-electron chi connectivity index (χ1n) is 9.24. The fourth-order valence-corrected chi connectivity index (χ4v) is 3.21. The summed E-state index contributed by atoms with van der Waals surface area (Å²) in [6.07, 6.45) is 2.20. The molecule has 26 heavy (non-hydrogen) atoms. The SMILES string of the molecule is COCCN(CCCc1ccccc1)Cc1nc(C)c2ccccc2n1. The maximum absolute atomic E-state index is 5.29. The van der Waals surface area contributed by atoms with Crippen molar-refractivity contribution in [3.05, 3.63) is 71.7 Å². The van der Waals surface area contributed by atoms with Crippen LogP contribution in [0.4, 0.5) is 0 Å². The summed E-state index contributed by atoms with van der Waals surface area (Å²) in [6, 6.07) is 18.8. The van der Waals surface area contributed by atoms with Crippen molar-refractivity contribution in [3.8, 4) is 0 Å². The standard InChI is InChI=1S/C22H27N3O/c1-18-20-12-6-7-13-21(20)24-22(23-18)17-25(15-16-26-2)14-8-11-19-9-4-3-5-10-19/h3-7,9-10,12-13H,8,11,14-17H2,1-2H3. The summed E-state index contributed by atoms with van der Waals surface area (Å²) >= 11 is 0. The Morgan fingerprint density at radius 3 is 2.50 bits per heavy atom. The lowest BCUT2D eigenvalue weighted by Gasteiger charge is -2.21. The van der Waals surface area contributed by atoms with Crippen molar-refractivity contribution in [3.63, 3.8) is 0 Å². The van der Waals surface area contributed by atoms with Crippen molar-refractivity contribution in [1.82, 2.24) is 14.9 Å². The Balaban J connectivity index is 1.65. The molecule has 0 radical (unpaired) electrons. The zero-order valence-corrected chi connectivity index (χ0v) is 15.7. The number of para-hydroxylation sites is 1. The number of rotatable bonds is 9. The smallest absolute Gasteiger partial charge is 0.143 e. The number of fused-ring (bicyclic) bond motifs is 1. The topological polar surface area (TPSA) is 38.2 Å². The van der Waals surface area contributed by atoms with Crippen molar-refractivity contribution >= 4 is 10.9 Å². The lowest BCUT2D eigenvalue weighted by atomic mass is 10.1. The number of aryl methyl sites for hydroxylation is 2. The van der Waals surface area contributed by atoms with E-state index in [1.807, 2.05) is 12.1 Å². The van der Waals surface area contributed by atoms with E-state index in [2.05, 4.69) is 54.3 Å². The third kappa shape index (κ3) is 5.10. The van der Waals surface area contributed by atoms with Gasteiger partial charge in [-0.3, -0.25) is 4.90 Å². The zero-order valence-electron chi connectivity index (χ0n) is 15.7. The van der Waals surface area contributed by atoms with Crippen LogP contribution in [0.25, 0.3) is 10.9 Å². The second kappa shape index (κ2) is 9.41. The molecule has 0 aliphatic rings. The number of benzene rings is 2. The van der Waals surface area contributed by atoms with Gasteiger partial charge in [-0.05, 0) is 37.9 Å². The minimum atomic E-state index is 0.720. The Kier molecular flexibility index (Phi) is 6.69. The Labute approximate surface area is 155 Å². The predicted octanol–water partition coefficient (Wildman–Crippen LogP) is 4.02. The third-order valence-electron chi connectivity index (χ3n) is 4.60. The lowest BCUT2D eigenvalue weighted by Crippen LogP contribution is -2.29. The van der Waals surface area contributed by atoms with Gasteiger partial charge in [-0.15, -0.1) is 0 Å². The average molecular weight is 349 g/mol. The van der Waals surface area contributed by atoms with Crippen molar-refractivity contribution in [2.24, 2.45) is 0 Å². The van der Waals surface area contributed by atoms with Gasteiger partial charge in [0, 0.05) is 24.7 Å². The molecule has 1 heterocycles. The molecule has 2 aromatic carbocycles. The molecule has 0 fully saturated rings. The molecule has 0 saturated heterocycles. The van der Waals surface area contributed by atoms with E-state index in [4.69, 9.17) is 14.7 Å². The molecular formula is C22H27N3O. The Morgan fingerprint density at radius 2 is 1.69 bits per heavy atom. The molecule has 0 aliphatic heterocycles. The van der Waals surface area contributed by atoms with Crippen LogP contribution in [0, 0.1) is 6.92 Å². The summed E-state index contributed by atoms with van der Waals surface area (Å²) in [5.41, 5.74) is 3.45. The maximum atomic E-state index is 5.29. The summed E-state index contributed by atoms with van der Waals surface area (Å²) in [6.45, 7) is 5.43.